The summed E-state index contributed by atoms with van der Waals surface area (Å²) in [5, 5.41) is 10.4. The van der Waals surface area contributed by atoms with E-state index in [1.165, 1.54) is 11.1 Å². The molecular formula is C21H19N3O3S. The molecule has 5 rings (SSSR count). The third-order valence-electron chi connectivity index (χ3n) is 5.17. The number of hydrogen-bond donors (Lipinski definition) is 0. The van der Waals surface area contributed by atoms with E-state index in [1.54, 1.807) is 24.1 Å². The summed E-state index contributed by atoms with van der Waals surface area (Å²) in [6, 6.07) is 9.54. The van der Waals surface area contributed by atoms with E-state index < -0.39 is 0 Å². The molecule has 0 spiro atoms. The molecule has 1 aliphatic carbocycles. The summed E-state index contributed by atoms with van der Waals surface area (Å²) in [4.78, 5) is 12.1. The van der Waals surface area contributed by atoms with Crippen molar-refractivity contribution in [2.75, 3.05) is 0 Å². The monoisotopic (exact) mass is 393 g/mol. The van der Waals surface area contributed by atoms with E-state index >= 15 is 0 Å². The molecule has 3 aromatic heterocycles. The molecule has 0 atom stereocenters. The number of thioether (sulfide) groups is 1. The van der Waals surface area contributed by atoms with Gasteiger partial charge >= 0.3 is 5.63 Å². The van der Waals surface area contributed by atoms with Gasteiger partial charge in [0.25, 0.3) is 0 Å². The van der Waals surface area contributed by atoms with Crippen molar-refractivity contribution in [2.45, 2.75) is 43.6 Å². The first-order chi connectivity index (χ1) is 13.7. The highest BCUT2D eigenvalue weighted by Crippen LogP contribution is 2.32. The highest BCUT2D eigenvalue weighted by molar-refractivity contribution is 7.98. The van der Waals surface area contributed by atoms with Crippen LogP contribution < -0.4 is 5.63 Å². The topological polar surface area (TPSA) is 74.1 Å². The van der Waals surface area contributed by atoms with Crippen LogP contribution in [0.3, 0.4) is 0 Å². The second-order valence-electron chi connectivity index (χ2n) is 6.88. The van der Waals surface area contributed by atoms with E-state index in [4.69, 9.17) is 8.83 Å². The van der Waals surface area contributed by atoms with Crippen molar-refractivity contribution in [3.05, 3.63) is 63.7 Å². The van der Waals surface area contributed by atoms with E-state index in [9.17, 15) is 4.79 Å². The van der Waals surface area contributed by atoms with Crippen LogP contribution in [-0.4, -0.2) is 14.8 Å². The molecule has 0 saturated heterocycles. The zero-order chi connectivity index (χ0) is 19.1. The summed E-state index contributed by atoms with van der Waals surface area (Å²) < 4.78 is 13.0. The Bertz CT molecular complexity index is 1210. The zero-order valence-corrected chi connectivity index (χ0v) is 16.3. The normalized spacial score (nSPS) is 13.3. The van der Waals surface area contributed by atoms with Crippen LogP contribution in [0.15, 0.2) is 55.4 Å². The molecule has 4 aromatic rings. The second kappa shape index (κ2) is 6.98. The summed E-state index contributed by atoms with van der Waals surface area (Å²) in [7, 11) is 0. The van der Waals surface area contributed by atoms with Gasteiger partial charge in [-0.05, 0) is 67.1 Å². The molecule has 0 saturated carbocycles. The number of fused-ring (bicyclic) bond motifs is 2. The number of aryl methyl sites for hydroxylation is 2. The number of benzene rings is 1. The Hall–Kier alpha value is -2.80. The number of furan rings is 1. The molecule has 7 heteroatoms. The lowest BCUT2D eigenvalue weighted by molar-refractivity contribution is 0.559. The molecule has 142 valence electrons. The quantitative estimate of drug-likeness (QED) is 0.368. The molecule has 0 aliphatic heterocycles. The predicted molar refractivity (Wildman–Crippen MR) is 107 cm³/mol. The minimum atomic E-state index is -0.311. The number of rotatable bonds is 5. The summed E-state index contributed by atoms with van der Waals surface area (Å²) in [6.07, 6.45) is 4.94. The van der Waals surface area contributed by atoms with Crippen LogP contribution in [0.25, 0.3) is 22.6 Å². The van der Waals surface area contributed by atoms with E-state index in [1.807, 2.05) is 22.8 Å². The van der Waals surface area contributed by atoms with Gasteiger partial charge in [0.2, 0.25) is 0 Å². The van der Waals surface area contributed by atoms with E-state index in [2.05, 4.69) is 23.2 Å². The van der Waals surface area contributed by atoms with Crippen LogP contribution in [0.4, 0.5) is 0 Å². The molecule has 1 aliphatic rings. The Balaban J connectivity index is 1.49. The second-order valence-corrected chi connectivity index (χ2v) is 7.82. The summed E-state index contributed by atoms with van der Waals surface area (Å²) in [5.41, 5.74) is 4.00. The van der Waals surface area contributed by atoms with Gasteiger partial charge in [-0.2, -0.15) is 0 Å². The third-order valence-corrected chi connectivity index (χ3v) is 6.19. The Kier molecular flexibility index (Phi) is 4.31. The van der Waals surface area contributed by atoms with Crippen LogP contribution >= 0.6 is 11.8 Å². The molecule has 6 nitrogen and oxygen atoms in total. The first-order valence-corrected chi connectivity index (χ1v) is 10.4. The fraction of sp³-hybridized carbons (Fsp3) is 0.286. The van der Waals surface area contributed by atoms with Gasteiger partial charge in [-0.1, -0.05) is 11.8 Å². The maximum Gasteiger partial charge on any atom is 0.336 e. The van der Waals surface area contributed by atoms with Gasteiger partial charge in [0.05, 0.1) is 6.26 Å². The molecule has 0 radical (unpaired) electrons. The largest absolute Gasteiger partial charge is 0.461 e. The molecule has 0 fully saturated rings. The van der Waals surface area contributed by atoms with Crippen LogP contribution in [0.2, 0.25) is 0 Å². The lowest BCUT2D eigenvalue weighted by Gasteiger charge is -2.09. The maximum absolute atomic E-state index is 12.1. The van der Waals surface area contributed by atoms with Gasteiger partial charge in [-0.25, -0.2) is 4.79 Å². The highest BCUT2D eigenvalue weighted by Gasteiger charge is 2.18. The summed E-state index contributed by atoms with van der Waals surface area (Å²) in [6.45, 7) is 2.78. The van der Waals surface area contributed by atoms with Crippen LogP contribution in [-0.2, 0) is 25.1 Å². The van der Waals surface area contributed by atoms with Crippen LogP contribution in [0.1, 0.15) is 30.0 Å². The van der Waals surface area contributed by atoms with Crippen molar-refractivity contribution in [2.24, 2.45) is 0 Å². The van der Waals surface area contributed by atoms with Gasteiger partial charge in [0.1, 0.15) is 5.58 Å². The van der Waals surface area contributed by atoms with Gasteiger partial charge < -0.3 is 8.83 Å². The smallest absolute Gasteiger partial charge is 0.336 e. The fourth-order valence-electron chi connectivity index (χ4n) is 3.83. The number of hydrogen-bond acceptors (Lipinski definition) is 6. The lowest BCUT2D eigenvalue weighted by Crippen LogP contribution is -2.02. The molecule has 0 amide bonds. The fourth-order valence-corrected chi connectivity index (χ4v) is 4.82. The highest BCUT2D eigenvalue weighted by atomic mass is 32.2. The van der Waals surface area contributed by atoms with Gasteiger partial charge in [-0.3, -0.25) is 4.57 Å². The van der Waals surface area contributed by atoms with Crippen molar-refractivity contribution in [1.29, 1.82) is 0 Å². The average Bonchev–Trinajstić information content (AvgIpc) is 3.43. The minimum absolute atomic E-state index is 0.311. The molecule has 0 bridgehead atoms. The third kappa shape index (κ3) is 2.96. The average molecular weight is 393 g/mol. The first kappa shape index (κ1) is 17.3. The predicted octanol–water partition coefficient (Wildman–Crippen LogP) is 4.45. The van der Waals surface area contributed by atoms with Crippen molar-refractivity contribution in [3.8, 4) is 11.6 Å². The van der Waals surface area contributed by atoms with Gasteiger partial charge in [0, 0.05) is 23.8 Å². The molecule has 28 heavy (non-hydrogen) atoms. The maximum atomic E-state index is 12.1. The van der Waals surface area contributed by atoms with Crippen molar-refractivity contribution >= 4 is 22.7 Å². The molecule has 3 heterocycles. The molecule has 1 aromatic carbocycles. The Labute approximate surface area is 165 Å². The van der Waals surface area contributed by atoms with Crippen LogP contribution in [0.5, 0.6) is 0 Å². The van der Waals surface area contributed by atoms with E-state index in [0.29, 0.717) is 22.9 Å². The summed E-state index contributed by atoms with van der Waals surface area (Å²) in [5.74, 6) is 2.03. The Morgan fingerprint density at radius 2 is 2.04 bits per heavy atom. The minimum Gasteiger partial charge on any atom is -0.461 e. The molecule has 0 unspecified atom stereocenters. The van der Waals surface area contributed by atoms with Gasteiger partial charge in [-0.15, -0.1) is 10.2 Å². The standard InChI is InChI=1S/C21H19N3O3S/c1-2-24-20(17-7-4-8-26-17)22-23-21(24)28-12-15-11-19(25)27-18-10-14-6-3-5-13(14)9-16(15)18/h4,7-11H,2-3,5-6,12H2,1H3. The summed E-state index contributed by atoms with van der Waals surface area (Å²) >= 11 is 1.57. The van der Waals surface area contributed by atoms with Gasteiger partial charge in [0.15, 0.2) is 16.7 Å². The molecular weight excluding hydrogens is 374 g/mol. The number of nitrogens with zero attached hydrogens (tertiary/aromatic N) is 3. The van der Waals surface area contributed by atoms with Crippen molar-refractivity contribution in [3.63, 3.8) is 0 Å². The Morgan fingerprint density at radius 1 is 1.18 bits per heavy atom. The van der Waals surface area contributed by atoms with E-state index in [-0.39, 0.29) is 5.63 Å². The lowest BCUT2D eigenvalue weighted by atomic mass is 10.0. The Morgan fingerprint density at radius 3 is 2.82 bits per heavy atom. The number of aromatic nitrogens is 3. The van der Waals surface area contributed by atoms with Crippen molar-refractivity contribution < 1.29 is 8.83 Å². The SMILES string of the molecule is CCn1c(SCc2cc(=O)oc3cc4c(cc23)CCC4)nnc1-c1ccco1. The van der Waals surface area contributed by atoms with Crippen LogP contribution in [0, 0.1) is 0 Å². The first-order valence-electron chi connectivity index (χ1n) is 9.41. The van der Waals surface area contributed by atoms with E-state index in [0.717, 1.165) is 41.9 Å². The van der Waals surface area contributed by atoms with Crippen molar-refractivity contribution in [1.82, 2.24) is 14.8 Å². The zero-order valence-electron chi connectivity index (χ0n) is 15.5. The molecule has 0 N–H and O–H groups in total.